The standard InChI is InChI=1S/C15H19Cl2NO3/c1-15(20)5-7-18(8-6-15)14(19)4-9-21-11-2-3-12(16)13(17)10-11/h2-3,10,20H,4-9H2,1H3. The highest BCUT2D eigenvalue weighted by Crippen LogP contribution is 2.26. The molecule has 21 heavy (non-hydrogen) atoms. The van der Waals surface area contributed by atoms with E-state index in [1.165, 1.54) is 0 Å². The maximum absolute atomic E-state index is 12.0. The normalized spacial score (nSPS) is 17.6. The van der Waals surface area contributed by atoms with Gasteiger partial charge in [-0.25, -0.2) is 0 Å². The highest BCUT2D eigenvalue weighted by molar-refractivity contribution is 6.42. The number of halogens is 2. The van der Waals surface area contributed by atoms with E-state index in [0.29, 0.717) is 54.8 Å². The summed E-state index contributed by atoms with van der Waals surface area (Å²) in [5.74, 6) is 0.643. The second-order valence-electron chi connectivity index (χ2n) is 5.55. The number of amides is 1. The molecule has 2 rings (SSSR count). The number of nitrogens with zero attached hydrogens (tertiary/aromatic N) is 1. The molecule has 1 N–H and O–H groups in total. The largest absolute Gasteiger partial charge is 0.493 e. The molecule has 0 aromatic heterocycles. The first-order valence-electron chi connectivity index (χ1n) is 6.95. The van der Waals surface area contributed by atoms with Crippen LogP contribution in [0.1, 0.15) is 26.2 Å². The van der Waals surface area contributed by atoms with Gasteiger partial charge >= 0.3 is 0 Å². The van der Waals surface area contributed by atoms with Gasteiger partial charge in [0.15, 0.2) is 0 Å². The van der Waals surface area contributed by atoms with Crippen LogP contribution in [0.25, 0.3) is 0 Å². The van der Waals surface area contributed by atoms with Crippen LogP contribution in [0, 0.1) is 0 Å². The van der Waals surface area contributed by atoms with Crippen LogP contribution in [0.3, 0.4) is 0 Å². The molecule has 0 saturated carbocycles. The fourth-order valence-corrected chi connectivity index (χ4v) is 2.51. The lowest BCUT2D eigenvalue weighted by molar-refractivity contribution is -0.135. The molecule has 1 fully saturated rings. The van der Waals surface area contributed by atoms with Crippen molar-refractivity contribution in [3.05, 3.63) is 28.2 Å². The van der Waals surface area contributed by atoms with Crippen molar-refractivity contribution < 1.29 is 14.6 Å². The number of hydrogen-bond donors (Lipinski definition) is 1. The minimum atomic E-state index is -0.646. The molecule has 0 unspecified atom stereocenters. The first-order valence-corrected chi connectivity index (χ1v) is 7.71. The van der Waals surface area contributed by atoms with Gasteiger partial charge in [-0.05, 0) is 31.9 Å². The zero-order chi connectivity index (χ0) is 15.5. The molecule has 0 bridgehead atoms. The number of likely N-dealkylation sites (tertiary alicyclic amines) is 1. The van der Waals surface area contributed by atoms with Crippen LogP contribution < -0.4 is 4.74 Å². The van der Waals surface area contributed by atoms with Crippen LogP contribution in [0.15, 0.2) is 18.2 Å². The molecule has 1 aromatic rings. The van der Waals surface area contributed by atoms with Gasteiger partial charge in [0.2, 0.25) is 5.91 Å². The van der Waals surface area contributed by atoms with E-state index in [9.17, 15) is 9.90 Å². The summed E-state index contributed by atoms with van der Waals surface area (Å²) in [6.45, 7) is 3.29. The number of carbonyl (C=O) groups excluding carboxylic acids is 1. The number of benzene rings is 1. The van der Waals surface area contributed by atoms with Gasteiger partial charge in [0.05, 0.1) is 28.7 Å². The molecule has 0 radical (unpaired) electrons. The number of piperidine rings is 1. The molecule has 4 nitrogen and oxygen atoms in total. The van der Waals surface area contributed by atoms with Gasteiger partial charge in [-0.2, -0.15) is 0 Å². The van der Waals surface area contributed by atoms with Crippen LogP contribution >= 0.6 is 23.2 Å². The first kappa shape index (κ1) is 16.4. The summed E-state index contributed by atoms with van der Waals surface area (Å²) in [7, 11) is 0. The lowest BCUT2D eigenvalue weighted by Crippen LogP contribution is -2.45. The summed E-state index contributed by atoms with van der Waals surface area (Å²) >= 11 is 11.7. The Kier molecular flexibility index (Phi) is 5.36. The van der Waals surface area contributed by atoms with Gasteiger partial charge < -0.3 is 14.7 Å². The summed E-state index contributed by atoms with van der Waals surface area (Å²) in [5, 5.41) is 10.8. The highest BCUT2D eigenvalue weighted by Gasteiger charge is 2.29. The molecule has 0 aliphatic carbocycles. The molecule has 1 aliphatic rings. The topological polar surface area (TPSA) is 49.8 Å². The fraction of sp³-hybridized carbons (Fsp3) is 0.533. The van der Waals surface area contributed by atoms with Crippen molar-refractivity contribution in [3.8, 4) is 5.75 Å². The third kappa shape index (κ3) is 4.77. The highest BCUT2D eigenvalue weighted by atomic mass is 35.5. The lowest BCUT2D eigenvalue weighted by Gasteiger charge is -2.35. The van der Waals surface area contributed by atoms with Gasteiger partial charge in [0.25, 0.3) is 0 Å². The van der Waals surface area contributed by atoms with Crippen molar-refractivity contribution in [1.29, 1.82) is 0 Å². The average molecular weight is 332 g/mol. The molecule has 1 saturated heterocycles. The molecule has 116 valence electrons. The van der Waals surface area contributed by atoms with Crippen LogP contribution in [-0.2, 0) is 4.79 Å². The van der Waals surface area contributed by atoms with Crippen molar-refractivity contribution in [2.75, 3.05) is 19.7 Å². The van der Waals surface area contributed by atoms with E-state index in [1.54, 1.807) is 23.1 Å². The number of aliphatic hydroxyl groups is 1. The molecular weight excluding hydrogens is 313 g/mol. The maximum Gasteiger partial charge on any atom is 0.226 e. The van der Waals surface area contributed by atoms with Crippen LogP contribution in [0.4, 0.5) is 0 Å². The Hall–Kier alpha value is -0.970. The molecular formula is C15H19Cl2NO3. The number of rotatable bonds is 4. The molecule has 6 heteroatoms. The third-order valence-electron chi connectivity index (χ3n) is 3.67. The van der Waals surface area contributed by atoms with E-state index in [1.807, 2.05) is 6.92 Å². The summed E-state index contributed by atoms with van der Waals surface area (Å²) in [5.41, 5.74) is -0.646. The third-order valence-corrected chi connectivity index (χ3v) is 4.41. The Morgan fingerprint density at radius 1 is 1.33 bits per heavy atom. The van der Waals surface area contributed by atoms with Gasteiger partial charge in [-0.15, -0.1) is 0 Å². The predicted molar refractivity (Wildman–Crippen MR) is 83.0 cm³/mol. The quantitative estimate of drug-likeness (QED) is 0.922. The Morgan fingerprint density at radius 2 is 2.00 bits per heavy atom. The number of hydrogen-bond acceptors (Lipinski definition) is 3. The molecule has 0 spiro atoms. The van der Waals surface area contributed by atoms with Crippen molar-refractivity contribution in [3.63, 3.8) is 0 Å². The fourth-order valence-electron chi connectivity index (χ4n) is 2.22. The van der Waals surface area contributed by atoms with E-state index in [-0.39, 0.29) is 5.91 Å². The number of carbonyl (C=O) groups is 1. The first-order chi connectivity index (χ1) is 9.87. The molecule has 1 amide bonds. The predicted octanol–water partition coefficient (Wildman–Crippen LogP) is 3.14. The molecule has 0 atom stereocenters. The van der Waals surface area contributed by atoms with Gasteiger partial charge in [-0.1, -0.05) is 23.2 Å². The average Bonchev–Trinajstić information content (AvgIpc) is 2.42. The second-order valence-corrected chi connectivity index (χ2v) is 6.37. The minimum Gasteiger partial charge on any atom is -0.493 e. The van der Waals surface area contributed by atoms with Crippen molar-refractivity contribution >= 4 is 29.1 Å². The van der Waals surface area contributed by atoms with Crippen molar-refractivity contribution in [2.45, 2.75) is 31.8 Å². The zero-order valence-corrected chi connectivity index (χ0v) is 13.5. The SMILES string of the molecule is CC1(O)CCN(C(=O)CCOc2ccc(Cl)c(Cl)c2)CC1. The summed E-state index contributed by atoms with van der Waals surface area (Å²) in [6.07, 6.45) is 1.54. The monoisotopic (exact) mass is 331 g/mol. The lowest BCUT2D eigenvalue weighted by atomic mass is 9.94. The summed E-state index contributed by atoms with van der Waals surface area (Å²) in [4.78, 5) is 13.8. The second kappa shape index (κ2) is 6.86. The van der Waals surface area contributed by atoms with Gasteiger partial charge in [0.1, 0.15) is 5.75 Å². The van der Waals surface area contributed by atoms with E-state index in [4.69, 9.17) is 27.9 Å². The summed E-state index contributed by atoms with van der Waals surface area (Å²) in [6, 6.07) is 5.01. The van der Waals surface area contributed by atoms with Crippen molar-refractivity contribution in [2.24, 2.45) is 0 Å². The minimum absolute atomic E-state index is 0.0468. The Labute approximate surface area is 134 Å². The Bertz CT molecular complexity index is 510. The van der Waals surface area contributed by atoms with E-state index >= 15 is 0 Å². The summed E-state index contributed by atoms with van der Waals surface area (Å²) < 4.78 is 5.50. The smallest absolute Gasteiger partial charge is 0.226 e. The van der Waals surface area contributed by atoms with Crippen LogP contribution in [-0.4, -0.2) is 41.2 Å². The Morgan fingerprint density at radius 3 is 2.62 bits per heavy atom. The number of ether oxygens (including phenoxy) is 1. The molecule has 1 aromatic carbocycles. The zero-order valence-electron chi connectivity index (χ0n) is 11.9. The molecule has 1 heterocycles. The van der Waals surface area contributed by atoms with E-state index in [2.05, 4.69) is 0 Å². The van der Waals surface area contributed by atoms with Crippen LogP contribution in [0.2, 0.25) is 10.0 Å². The van der Waals surface area contributed by atoms with Crippen molar-refractivity contribution in [1.82, 2.24) is 4.90 Å². The van der Waals surface area contributed by atoms with E-state index in [0.717, 1.165) is 0 Å². The van der Waals surface area contributed by atoms with Crippen LogP contribution in [0.5, 0.6) is 5.75 Å². The van der Waals surface area contributed by atoms with Gasteiger partial charge in [0, 0.05) is 19.2 Å². The Balaban J connectivity index is 1.75. The molecule has 1 aliphatic heterocycles. The maximum atomic E-state index is 12.0. The van der Waals surface area contributed by atoms with Gasteiger partial charge in [-0.3, -0.25) is 4.79 Å². The van der Waals surface area contributed by atoms with E-state index < -0.39 is 5.60 Å².